The van der Waals surface area contributed by atoms with Crippen molar-refractivity contribution in [1.29, 1.82) is 0 Å². The summed E-state index contributed by atoms with van der Waals surface area (Å²) >= 11 is 1.47. The molecule has 1 atom stereocenters. The Morgan fingerprint density at radius 2 is 1.93 bits per heavy atom. The summed E-state index contributed by atoms with van der Waals surface area (Å²) in [7, 11) is 0. The maximum atomic E-state index is 12.8. The van der Waals surface area contributed by atoms with E-state index in [9.17, 15) is 9.59 Å². The molecule has 154 valence electrons. The van der Waals surface area contributed by atoms with Crippen LogP contribution in [0.5, 0.6) is 5.75 Å². The Labute approximate surface area is 179 Å². The highest BCUT2D eigenvalue weighted by Crippen LogP contribution is 2.28. The van der Waals surface area contributed by atoms with Crippen molar-refractivity contribution in [2.75, 3.05) is 6.61 Å². The first kappa shape index (κ1) is 20.2. The highest BCUT2D eigenvalue weighted by Gasteiger charge is 2.27. The van der Waals surface area contributed by atoms with Crippen LogP contribution < -0.4 is 15.6 Å². The van der Waals surface area contributed by atoms with Gasteiger partial charge in [-0.15, -0.1) is 0 Å². The van der Waals surface area contributed by atoms with E-state index in [1.54, 1.807) is 10.6 Å². The summed E-state index contributed by atoms with van der Waals surface area (Å²) in [6, 6.07) is 15.1. The molecule has 1 amide bonds. The molecule has 30 heavy (non-hydrogen) atoms. The van der Waals surface area contributed by atoms with Crippen LogP contribution in [0.3, 0.4) is 0 Å². The molecule has 1 aromatic heterocycles. The number of ether oxygens (including phenoxy) is 1. The van der Waals surface area contributed by atoms with Crippen molar-refractivity contribution in [3.05, 3.63) is 81.9 Å². The van der Waals surface area contributed by atoms with Gasteiger partial charge in [-0.25, -0.2) is 4.98 Å². The minimum absolute atomic E-state index is 0.00601. The van der Waals surface area contributed by atoms with E-state index in [0.29, 0.717) is 36.4 Å². The molecular weight excluding hydrogens is 398 g/mol. The van der Waals surface area contributed by atoms with Crippen LogP contribution in [0.1, 0.15) is 18.3 Å². The van der Waals surface area contributed by atoms with Gasteiger partial charge in [0.1, 0.15) is 18.2 Å². The first-order chi connectivity index (χ1) is 14.5. The predicted octanol–water partition coefficient (Wildman–Crippen LogP) is 3.28. The summed E-state index contributed by atoms with van der Waals surface area (Å²) in [4.78, 5) is 29.3. The van der Waals surface area contributed by atoms with E-state index in [1.807, 2.05) is 49.4 Å². The van der Waals surface area contributed by atoms with Gasteiger partial charge in [0.25, 0.3) is 5.56 Å². The van der Waals surface area contributed by atoms with Gasteiger partial charge >= 0.3 is 0 Å². The lowest BCUT2D eigenvalue weighted by molar-refractivity contribution is -0.119. The number of carbonyl (C=O) groups is 1. The molecular formula is C23H23N3O3S. The van der Waals surface area contributed by atoms with Crippen molar-refractivity contribution >= 4 is 28.6 Å². The van der Waals surface area contributed by atoms with E-state index in [0.717, 1.165) is 22.7 Å². The van der Waals surface area contributed by atoms with Crippen molar-refractivity contribution in [2.45, 2.75) is 31.6 Å². The number of aromatic nitrogens is 2. The Hall–Kier alpha value is -3.06. The van der Waals surface area contributed by atoms with E-state index in [2.05, 4.69) is 16.9 Å². The molecule has 1 fully saturated rings. The molecule has 6 nitrogen and oxygen atoms in total. The fourth-order valence-corrected chi connectivity index (χ4v) is 4.46. The number of benzene rings is 2. The number of nitrogens with one attached hydrogen (secondary N) is 1. The first-order valence-corrected chi connectivity index (χ1v) is 10.8. The van der Waals surface area contributed by atoms with Crippen LogP contribution in [0.4, 0.5) is 0 Å². The van der Waals surface area contributed by atoms with Crippen LogP contribution in [-0.2, 0) is 24.2 Å². The molecule has 2 heterocycles. The summed E-state index contributed by atoms with van der Waals surface area (Å²) < 4.78 is 7.55. The van der Waals surface area contributed by atoms with Gasteiger partial charge < -0.3 is 10.1 Å². The minimum atomic E-state index is -0.135. The van der Waals surface area contributed by atoms with E-state index < -0.39 is 0 Å². The SMILES string of the molecule is C=C1NC(=O)C(Cc2ccc(OCCn3c(CC)nc4ccccc4c3=O)cc2)S1. The molecule has 1 saturated heterocycles. The third kappa shape index (κ3) is 4.26. The van der Waals surface area contributed by atoms with Crippen molar-refractivity contribution in [3.8, 4) is 5.75 Å². The van der Waals surface area contributed by atoms with Crippen molar-refractivity contribution < 1.29 is 9.53 Å². The third-order valence-electron chi connectivity index (χ3n) is 5.02. The predicted molar refractivity (Wildman–Crippen MR) is 120 cm³/mol. The number of nitrogens with zero attached hydrogens (tertiary/aromatic N) is 2. The average Bonchev–Trinajstić information content (AvgIpc) is 3.07. The number of rotatable bonds is 7. The molecule has 1 N–H and O–H groups in total. The number of fused-ring (bicyclic) bond motifs is 1. The molecule has 1 unspecified atom stereocenters. The summed E-state index contributed by atoms with van der Waals surface area (Å²) in [6.45, 7) is 6.58. The monoisotopic (exact) mass is 421 g/mol. The highest BCUT2D eigenvalue weighted by molar-refractivity contribution is 8.04. The molecule has 0 aliphatic carbocycles. The number of carbonyl (C=O) groups excluding carboxylic acids is 1. The topological polar surface area (TPSA) is 73.2 Å². The second-order valence-corrected chi connectivity index (χ2v) is 8.37. The summed E-state index contributed by atoms with van der Waals surface area (Å²) in [5, 5.41) is 3.93. The van der Waals surface area contributed by atoms with Crippen molar-refractivity contribution in [1.82, 2.24) is 14.9 Å². The van der Waals surface area contributed by atoms with Crippen LogP contribution in [0, 0.1) is 0 Å². The van der Waals surface area contributed by atoms with Gasteiger partial charge in [-0.05, 0) is 36.2 Å². The van der Waals surface area contributed by atoms with Gasteiger partial charge in [-0.3, -0.25) is 14.2 Å². The quantitative estimate of drug-likeness (QED) is 0.634. The van der Waals surface area contributed by atoms with Gasteiger partial charge in [-0.2, -0.15) is 0 Å². The lowest BCUT2D eigenvalue weighted by Crippen LogP contribution is -2.27. The van der Waals surface area contributed by atoms with Gasteiger partial charge in [0, 0.05) is 6.42 Å². The Morgan fingerprint density at radius 3 is 2.63 bits per heavy atom. The van der Waals surface area contributed by atoms with Crippen LogP contribution in [-0.4, -0.2) is 27.3 Å². The Bertz CT molecular complexity index is 1150. The first-order valence-electron chi connectivity index (χ1n) is 9.91. The minimum Gasteiger partial charge on any atom is -0.492 e. The average molecular weight is 422 g/mol. The zero-order valence-electron chi connectivity index (χ0n) is 16.8. The van der Waals surface area contributed by atoms with Crippen LogP contribution in [0.15, 0.2) is 64.9 Å². The molecule has 4 rings (SSSR count). The molecule has 3 aromatic rings. The standard InChI is InChI=1S/C23H23N3O3S/c1-3-21-25-19-7-5-4-6-18(19)23(28)26(21)12-13-29-17-10-8-16(9-11-17)14-20-22(27)24-15(2)30-20/h4-11,20H,2-3,12-14H2,1H3,(H,24,27). The zero-order valence-corrected chi connectivity index (χ0v) is 17.6. The van der Waals surface area contributed by atoms with E-state index in [-0.39, 0.29) is 16.7 Å². The number of hydrogen-bond donors (Lipinski definition) is 1. The van der Waals surface area contributed by atoms with Crippen LogP contribution in [0.2, 0.25) is 0 Å². The maximum Gasteiger partial charge on any atom is 0.261 e. The van der Waals surface area contributed by atoms with Gasteiger partial charge in [-0.1, -0.05) is 49.5 Å². The zero-order chi connectivity index (χ0) is 21.1. The lowest BCUT2D eigenvalue weighted by Gasteiger charge is -2.13. The third-order valence-corrected chi connectivity index (χ3v) is 6.08. The summed E-state index contributed by atoms with van der Waals surface area (Å²) in [5.41, 5.74) is 1.75. The molecule has 0 saturated carbocycles. The maximum absolute atomic E-state index is 12.8. The Balaban J connectivity index is 1.40. The Morgan fingerprint density at radius 1 is 1.17 bits per heavy atom. The second-order valence-electron chi connectivity index (χ2n) is 7.07. The normalized spacial score (nSPS) is 16.1. The van der Waals surface area contributed by atoms with E-state index in [4.69, 9.17) is 4.74 Å². The lowest BCUT2D eigenvalue weighted by atomic mass is 10.1. The van der Waals surface area contributed by atoms with Gasteiger partial charge in [0.15, 0.2) is 0 Å². The van der Waals surface area contributed by atoms with E-state index in [1.165, 1.54) is 11.8 Å². The molecule has 1 aliphatic rings. The van der Waals surface area contributed by atoms with Gasteiger partial charge in [0.2, 0.25) is 5.91 Å². The molecule has 0 radical (unpaired) electrons. The van der Waals surface area contributed by atoms with Crippen LogP contribution in [0.25, 0.3) is 10.9 Å². The summed E-state index contributed by atoms with van der Waals surface area (Å²) in [5.74, 6) is 1.49. The van der Waals surface area contributed by atoms with Crippen LogP contribution >= 0.6 is 11.8 Å². The molecule has 0 spiro atoms. The largest absolute Gasteiger partial charge is 0.492 e. The second kappa shape index (κ2) is 8.75. The van der Waals surface area contributed by atoms with Crippen molar-refractivity contribution in [2.24, 2.45) is 0 Å². The summed E-state index contributed by atoms with van der Waals surface area (Å²) in [6.07, 6.45) is 1.32. The smallest absolute Gasteiger partial charge is 0.261 e. The fourth-order valence-electron chi connectivity index (χ4n) is 3.51. The van der Waals surface area contributed by atoms with Gasteiger partial charge in [0.05, 0.1) is 27.7 Å². The molecule has 1 aliphatic heterocycles. The fraction of sp³-hybridized carbons (Fsp3) is 0.261. The number of para-hydroxylation sites is 1. The molecule has 2 aromatic carbocycles. The number of amides is 1. The molecule has 7 heteroatoms. The Kier molecular flexibility index (Phi) is 5.90. The number of thioether (sulfide) groups is 1. The number of aryl methyl sites for hydroxylation is 1. The highest BCUT2D eigenvalue weighted by atomic mass is 32.2. The van der Waals surface area contributed by atoms with E-state index >= 15 is 0 Å². The number of hydrogen-bond acceptors (Lipinski definition) is 5. The van der Waals surface area contributed by atoms with Crippen molar-refractivity contribution in [3.63, 3.8) is 0 Å². The molecule has 0 bridgehead atoms.